The van der Waals surface area contributed by atoms with E-state index in [1.807, 2.05) is 24.3 Å². The quantitative estimate of drug-likeness (QED) is 0.918. The first-order valence-corrected chi connectivity index (χ1v) is 6.69. The predicted octanol–water partition coefficient (Wildman–Crippen LogP) is 3.45. The zero-order valence-electron chi connectivity index (χ0n) is 10.2. The Morgan fingerprint density at radius 2 is 1.79 bits per heavy atom. The van der Waals surface area contributed by atoms with Gasteiger partial charge in [-0.15, -0.1) is 0 Å². The summed E-state index contributed by atoms with van der Waals surface area (Å²) in [5.74, 6) is -0.375. The van der Waals surface area contributed by atoms with Crippen molar-refractivity contribution in [3.8, 4) is 0 Å². The molecule has 2 nitrogen and oxygen atoms in total. The summed E-state index contributed by atoms with van der Waals surface area (Å²) in [6.07, 6.45) is 0.255. The molecule has 1 N–H and O–H groups in total. The number of carbonyl (C=O) groups excluding carboxylic acids is 1. The van der Waals surface area contributed by atoms with Gasteiger partial charge < -0.3 is 5.32 Å². The molecule has 0 aliphatic heterocycles. The van der Waals surface area contributed by atoms with Gasteiger partial charge in [-0.3, -0.25) is 4.79 Å². The van der Waals surface area contributed by atoms with Gasteiger partial charge in [-0.05, 0) is 29.3 Å². The number of carbonyl (C=O) groups is 1. The van der Waals surface area contributed by atoms with Crippen molar-refractivity contribution in [1.82, 2.24) is 5.32 Å². The van der Waals surface area contributed by atoms with Gasteiger partial charge in [0.2, 0.25) is 5.91 Å². The van der Waals surface area contributed by atoms with Crippen LogP contribution in [-0.2, 0) is 17.8 Å². The molecule has 0 unspecified atom stereocenters. The van der Waals surface area contributed by atoms with Crippen molar-refractivity contribution in [3.63, 3.8) is 0 Å². The first-order chi connectivity index (χ1) is 9.15. The van der Waals surface area contributed by atoms with E-state index in [-0.39, 0.29) is 18.1 Å². The number of halogens is 2. The fourth-order valence-corrected chi connectivity index (χ4v) is 2.11. The molecule has 0 saturated heterocycles. The van der Waals surface area contributed by atoms with E-state index < -0.39 is 0 Å². The van der Waals surface area contributed by atoms with Gasteiger partial charge in [0.15, 0.2) is 0 Å². The largest absolute Gasteiger partial charge is 0.352 e. The maximum Gasteiger partial charge on any atom is 0.224 e. The Balaban J connectivity index is 1.88. The number of nitrogens with one attached hydrogen (secondary N) is 1. The lowest BCUT2D eigenvalue weighted by Crippen LogP contribution is -2.24. The summed E-state index contributed by atoms with van der Waals surface area (Å²) in [6, 6.07) is 13.7. The monoisotopic (exact) mass is 321 g/mol. The van der Waals surface area contributed by atoms with Crippen LogP contribution in [0.25, 0.3) is 0 Å². The van der Waals surface area contributed by atoms with Crippen LogP contribution in [0.3, 0.4) is 0 Å². The minimum atomic E-state index is -0.294. The Labute approximate surface area is 119 Å². The van der Waals surface area contributed by atoms with Crippen LogP contribution in [0.2, 0.25) is 0 Å². The molecule has 19 heavy (non-hydrogen) atoms. The Morgan fingerprint density at radius 1 is 1.11 bits per heavy atom. The molecule has 0 fully saturated rings. The Bertz CT molecular complexity index is 569. The second-order valence-electron chi connectivity index (χ2n) is 4.17. The molecule has 0 saturated carbocycles. The lowest BCUT2D eigenvalue weighted by molar-refractivity contribution is -0.120. The van der Waals surface area contributed by atoms with E-state index in [1.165, 1.54) is 12.1 Å². The van der Waals surface area contributed by atoms with Gasteiger partial charge >= 0.3 is 0 Å². The highest BCUT2D eigenvalue weighted by Gasteiger charge is 2.05. The summed E-state index contributed by atoms with van der Waals surface area (Å²) in [6.45, 7) is 0.474. The minimum absolute atomic E-state index is 0.0811. The van der Waals surface area contributed by atoms with Crippen LogP contribution in [0, 0.1) is 5.82 Å². The van der Waals surface area contributed by atoms with Gasteiger partial charge in [0.05, 0.1) is 6.42 Å². The van der Waals surface area contributed by atoms with Crippen molar-refractivity contribution >= 4 is 21.8 Å². The topological polar surface area (TPSA) is 29.1 Å². The normalized spacial score (nSPS) is 10.2. The van der Waals surface area contributed by atoms with Gasteiger partial charge in [0, 0.05) is 11.0 Å². The van der Waals surface area contributed by atoms with Crippen molar-refractivity contribution in [1.29, 1.82) is 0 Å². The Hall–Kier alpha value is -1.68. The maximum atomic E-state index is 12.7. The third kappa shape index (κ3) is 4.17. The fourth-order valence-electron chi connectivity index (χ4n) is 1.69. The van der Waals surface area contributed by atoms with E-state index in [9.17, 15) is 9.18 Å². The van der Waals surface area contributed by atoms with Crippen molar-refractivity contribution in [2.24, 2.45) is 0 Å². The van der Waals surface area contributed by atoms with Crippen LogP contribution in [0.1, 0.15) is 11.1 Å². The molecule has 4 heteroatoms. The molecule has 0 aliphatic rings. The lowest BCUT2D eigenvalue weighted by atomic mass is 10.1. The molecule has 1 amide bonds. The molecule has 0 aromatic heterocycles. The Kier molecular flexibility index (Phi) is 4.68. The van der Waals surface area contributed by atoms with E-state index >= 15 is 0 Å². The highest BCUT2D eigenvalue weighted by molar-refractivity contribution is 9.10. The summed E-state index contributed by atoms with van der Waals surface area (Å²) < 4.78 is 13.7. The van der Waals surface area contributed by atoms with Crippen LogP contribution in [0.5, 0.6) is 0 Å². The van der Waals surface area contributed by atoms with Gasteiger partial charge in [-0.25, -0.2) is 4.39 Å². The fraction of sp³-hybridized carbons (Fsp3) is 0.133. The van der Waals surface area contributed by atoms with E-state index in [1.54, 1.807) is 12.1 Å². The second kappa shape index (κ2) is 6.48. The molecule has 0 radical (unpaired) electrons. The van der Waals surface area contributed by atoms with Gasteiger partial charge in [0.25, 0.3) is 0 Å². The number of rotatable bonds is 4. The lowest BCUT2D eigenvalue weighted by Gasteiger charge is -2.07. The van der Waals surface area contributed by atoms with Crippen molar-refractivity contribution in [3.05, 3.63) is 69.9 Å². The average molecular weight is 322 g/mol. The first kappa shape index (κ1) is 13.7. The minimum Gasteiger partial charge on any atom is -0.352 e. The van der Waals surface area contributed by atoms with E-state index in [4.69, 9.17) is 0 Å². The van der Waals surface area contributed by atoms with Crippen molar-refractivity contribution in [2.45, 2.75) is 13.0 Å². The summed E-state index contributed by atoms with van der Waals surface area (Å²) in [5.41, 5.74) is 1.82. The summed E-state index contributed by atoms with van der Waals surface area (Å²) >= 11 is 3.43. The summed E-state index contributed by atoms with van der Waals surface area (Å²) in [4.78, 5) is 11.8. The molecule has 98 valence electrons. The summed E-state index contributed by atoms with van der Waals surface area (Å²) in [5, 5.41) is 2.84. The van der Waals surface area contributed by atoms with Crippen LogP contribution in [0.4, 0.5) is 4.39 Å². The third-order valence-electron chi connectivity index (χ3n) is 2.71. The van der Waals surface area contributed by atoms with Crippen LogP contribution >= 0.6 is 15.9 Å². The van der Waals surface area contributed by atoms with Crippen LogP contribution in [-0.4, -0.2) is 5.91 Å². The van der Waals surface area contributed by atoms with Gasteiger partial charge in [-0.1, -0.05) is 46.3 Å². The molecule has 2 aromatic carbocycles. The predicted molar refractivity (Wildman–Crippen MR) is 76.1 cm³/mol. The Morgan fingerprint density at radius 3 is 2.47 bits per heavy atom. The average Bonchev–Trinajstić information content (AvgIpc) is 2.40. The van der Waals surface area contributed by atoms with Crippen LogP contribution in [0.15, 0.2) is 53.0 Å². The number of benzene rings is 2. The van der Waals surface area contributed by atoms with Crippen LogP contribution < -0.4 is 5.32 Å². The first-order valence-electron chi connectivity index (χ1n) is 5.90. The molecule has 0 spiro atoms. The van der Waals surface area contributed by atoms with E-state index in [2.05, 4.69) is 21.2 Å². The number of amides is 1. The third-order valence-corrected chi connectivity index (χ3v) is 3.49. The number of hydrogen-bond acceptors (Lipinski definition) is 1. The molecule has 0 heterocycles. The van der Waals surface area contributed by atoms with E-state index in [0.29, 0.717) is 6.54 Å². The standard InChI is InChI=1S/C15H13BrFNO/c16-14-4-2-1-3-12(14)10-18-15(19)9-11-5-7-13(17)8-6-11/h1-8H,9-10H2,(H,18,19). The zero-order valence-corrected chi connectivity index (χ0v) is 11.8. The number of hydrogen-bond donors (Lipinski definition) is 1. The molecular formula is C15H13BrFNO. The highest BCUT2D eigenvalue weighted by atomic mass is 79.9. The van der Waals surface area contributed by atoms with Gasteiger partial charge in [-0.2, -0.15) is 0 Å². The van der Waals surface area contributed by atoms with Gasteiger partial charge in [0.1, 0.15) is 5.82 Å². The maximum absolute atomic E-state index is 12.7. The molecule has 2 aromatic rings. The smallest absolute Gasteiger partial charge is 0.224 e. The van der Waals surface area contributed by atoms with E-state index in [0.717, 1.165) is 15.6 Å². The molecule has 2 rings (SSSR count). The summed E-state index contributed by atoms with van der Waals surface area (Å²) in [7, 11) is 0. The molecule has 0 bridgehead atoms. The second-order valence-corrected chi connectivity index (χ2v) is 5.03. The molecular weight excluding hydrogens is 309 g/mol. The van der Waals surface area contributed by atoms with Crippen molar-refractivity contribution < 1.29 is 9.18 Å². The molecule has 0 atom stereocenters. The zero-order chi connectivity index (χ0) is 13.7. The SMILES string of the molecule is O=C(Cc1ccc(F)cc1)NCc1ccccc1Br. The van der Waals surface area contributed by atoms with Crippen molar-refractivity contribution in [2.75, 3.05) is 0 Å². The highest BCUT2D eigenvalue weighted by Crippen LogP contribution is 2.15. The molecule has 0 aliphatic carbocycles.